The molecule has 0 aliphatic heterocycles. The standard InChI is InChI=1S/C11H15ClN2/c1-10(2,13)11(5-6-11)8-4-3-7-14-9(8)12/h3-4,7H,5-6,13H2,1-2H3. The molecule has 14 heavy (non-hydrogen) atoms. The summed E-state index contributed by atoms with van der Waals surface area (Å²) in [4.78, 5) is 4.11. The first-order valence-corrected chi connectivity index (χ1v) is 5.25. The normalized spacial score (nSPS) is 19.4. The molecule has 0 bridgehead atoms. The molecule has 76 valence electrons. The van der Waals surface area contributed by atoms with Crippen LogP contribution in [0.15, 0.2) is 18.3 Å². The smallest absolute Gasteiger partial charge is 0.132 e. The van der Waals surface area contributed by atoms with Crippen LogP contribution < -0.4 is 5.73 Å². The van der Waals surface area contributed by atoms with Crippen molar-refractivity contribution < 1.29 is 0 Å². The van der Waals surface area contributed by atoms with E-state index >= 15 is 0 Å². The van der Waals surface area contributed by atoms with Crippen molar-refractivity contribution in [2.45, 2.75) is 37.6 Å². The van der Waals surface area contributed by atoms with Crippen LogP contribution >= 0.6 is 11.6 Å². The first-order chi connectivity index (χ1) is 6.47. The molecule has 2 N–H and O–H groups in total. The molecule has 1 saturated carbocycles. The summed E-state index contributed by atoms with van der Waals surface area (Å²) in [7, 11) is 0. The van der Waals surface area contributed by atoms with Crippen molar-refractivity contribution >= 4 is 11.6 Å². The summed E-state index contributed by atoms with van der Waals surface area (Å²) in [6.07, 6.45) is 3.94. The lowest BCUT2D eigenvalue weighted by atomic mass is 9.80. The molecule has 0 unspecified atom stereocenters. The van der Waals surface area contributed by atoms with Crippen LogP contribution in [0.4, 0.5) is 0 Å². The zero-order valence-corrected chi connectivity index (χ0v) is 9.30. The van der Waals surface area contributed by atoms with E-state index in [0.717, 1.165) is 18.4 Å². The second-order valence-corrected chi connectivity index (χ2v) is 5.00. The number of rotatable bonds is 2. The van der Waals surface area contributed by atoms with Gasteiger partial charge in [0.15, 0.2) is 0 Å². The number of nitrogens with zero attached hydrogens (tertiary/aromatic N) is 1. The maximum Gasteiger partial charge on any atom is 0.132 e. The molecule has 0 aromatic carbocycles. The third-order valence-electron chi connectivity index (χ3n) is 3.26. The quantitative estimate of drug-likeness (QED) is 0.762. The van der Waals surface area contributed by atoms with Gasteiger partial charge in [-0.3, -0.25) is 0 Å². The van der Waals surface area contributed by atoms with Crippen molar-refractivity contribution in [3.05, 3.63) is 29.0 Å². The van der Waals surface area contributed by atoms with Crippen molar-refractivity contribution in [2.24, 2.45) is 5.73 Å². The minimum atomic E-state index is -0.223. The van der Waals surface area contributed by atoms with Gasteiger partial charge < -0.3 is 5.73 Å². The zero-order valence-electron chi connectivity index (χ0n) is 8.55. The predicted molar refractivity (Wildman–Crippen MR) is 58.4 cm³/mol. The van der Waals surface area contributed by atoms with Crippen molar-refractivity contribution in [3.63, 3.8) is 0 Å². The molecule has 0 radical (unpaired) electrons. The Morgan fingerprint density at radius 3 is 2.57 bits per heavy atom. The summed E-state index contributed by atoms with van der Waals surface area (Å²) in [6.45, 7) is 4.12. The van der Waals surface area contributed by atoms with Crippen molar-refractivity contribution in [1.29, 1.82) is 0 Å². The molecule has 1 aliphatic carbocycles. The van der Waals surface area contributed by atoms with Crippen LogP contribution in [0.25, 0.3) is 0 Å². The molecule has 2 rings (SSSR count). The lowest BCUT2D eigenvalue weighted by Gasteiger charge is -2.31. The van der Waals surface area contributed by atoms with Gasteiger partial charge in [-0.05, 0) is 38.3 Å². The summed E-state index contributed by atoms with van der Waals surface area (Å²) >= 11 is 6.09. The van der Waals surface area contributed by atoms with Gasteiger partial charge in [-0.15, -0.1) is 0 Å². The number of hydrogen-bond donors (Lipinski definition) is 1. The van der Waals surface area contributed by atoms with Crippen LogP contribution in [0.3, 0.4) is 0 Å². The van der Waals surface area contributed by atoms with Crippen LogP contribution in [0.1, 0.15) is 32.3 Å². The van der Waals surface area contributed by atoms with Gasteiger partial charge in [0.05, 0.1) is 0 Å². The Morgan fingerprint density at radius 2 is 2.14 bits per heavy atom. The largest absolute Gasteiger partial charge is 0.325 e. The van der Waals surface area contributed by atoms with E-state index in [9.17, 15) is 0 Å². The Labute approximate surface area is 89.5 Å². The fourth-order valence-electron chi connectivity index (χ4n) is 2.13. The molecule has 0 amide bonds. The maximum absolute atomic E-state index is 6.19. The molecule has 1 aromatic heterocycles. The SMILES string of the molecule is CC(C)(N)C1(c2cccnc2Cl)CC1. The maximum atomic E-state index is 6.19. The molecule has 1 aliphatic rings. The highest BCUT2D eigenvalue weighted by Gasteiger charge is 2.54. The second-order valence-electron chi connectivity index (χ2n) is 4.65. The molecule has 2 nitrogen and oxygen atoms in total. The monoisotopic (exact) mass is 210 g/mol. The lowest BCUT2D eigenvalue weighted by Crippen LogP contribution is -2.45. The molecule has 0 saturated heterocycles. The number of aromatic nitrogens is 1. The van der Waals surface area contributed by atoms with Gasteiger partial charge in [0, 0.05) is 17.2 Å². The first-order valence-electron chi connectivity index (χ1n) is 4.87. The molecular weight excluding hydrogens is 196 g/mol. The average Bonchev–Trinajstić information content (AvgIpc) is 2.84. The van der Waals surface area contributed by atoms with Crippen LogP contribution in [0, 0.1) is 0 Å². The third kappa shape index (κ3) is 1.33. The van der Waals surface area contributed by atoms with Gasteiger partial charge in [-0.1, -0.05) is 17.7 Å². The fourth-order valence-corrected chi connectivity index (χ4v) is 2.43. The average molecular weight is 211 g/mol. The van der Waals surface area contributed by atoms with Gasteiger partial charge in [0.1, 0.15) is 5.15 Å². The summed E-state index contributed by atoms with van der Waals surface area (Å²) in [5.41, 5.74) is 7.13. The number of pyridine rings is 1. The third-order valence-corrected chi connectivity index (χ3v) is 3.56. The first kappa shape index (κ1) is 9.94. The van der Waals surface area contributed by atoms with E-state index in [-0.39, 0.29) is 11.0 Å². The minimum absolute atomic E-state index is 0.0539. The highest BCUT2D eigenvalue weighted by molar-refractivity contribution is 6.30. The highest BCUT2D eigenvalue weighted by atomic mass is 35.5. The molecule has 1 aromatic rings. The summed E-state index contributed by atoms with van der Waals surface area (Å²) in [5.74, 6) is 0. The molecule has 0 atom stereocenters. The van der Waals surface area contributed by atoms with E-state index in [1.807, 2.05) is 12.1 Å². The Balaban J connectivity index is 2.46. The topological polar surface area (TPSA) is 38.9 Å². The van der Waals surface area contributed by atoms with Crippen molar-refractivity contribution in [2.75, 3.05) is 0 Å². The molecule has 1 heterocycles. The van der Waals surface area contributed by atoms with Crippen LogP contribution in [0.2, 0.25) is 5.15 Å². The van der Waals surface area contributed by atoms with Gasteiger partial charge in [-0.25, -0.2) is 4.98 Å². The van der Waals surface area contributed by atoms with Gasteiger partial charge in [0.2, 0.25) is 0 Å². The van der Waals surface area contributed by atoms with Crippen LogP contribution in [-0.4, -0.2) is 10.5 Å². The van der Waals surface area contributed by atoms with Gasteiger partial charge in [-0.2, -0.15) is 0 Å². The zero-order chi connectivity index (χ0) is 10.4. The minimum Gasteiger partial charge on any atom is -0.325 e. The van der Waals surface area contributed by atoms with Crippen LogP contribution in [-0.2, 0) is 5.41 Å². The lowest BCUT2D eigenvalue weighted by molar-refractivity contribution is 0.391. The number of nitrogens with two attached hydrogens (primary N) is 1. The molecule has 0 spiro atoms. The predicted octanol–water partition coefficient (Wildman–Crippen LogP) is 2.50. The molecule has 1 fully saturated rings. The summed E-state index contributed by atoms with van der Waals surface area (Å²) in [6, 6.07) is 3.96. The summed E-state index contributed by atoms with van der Waals surface area (Å²) < 4.78 is 0. The highest BCUT2D eigenvalue weighted by Crippen LogP contribution is 2.55. The number of halogens is 1. The van der Waals surface area contributed by atoms with Gasteiger partial charge in [0.25, 0.3) is 0 Å². The van der Waals surface area contributed by atoms with E-state index in [2.05, 4.69) is 18.8 Å². The van der Waals surface area contributed by atoms with E-state index in [1.54, 1.807) is 6.20 Å². The Kier molecular flexibility index (Phi) is 2.09. The molecular formula is C11H15ClN2. The molecule has 3 heteroatoms. The fraction of sp³-hybridized carbons (Fsp3) is 0.545. The van der Waals surface area contributed by atoms with E-state index in [4.69, 9.17) is 17.3 Å². The Hall–Kier alpha value is -0.600. The Morgan fingerprint density at radius 1 is 1.50 bits per heavy atom. The second kappa shape index (κ2) is 2.94. The number of hydrogen-bond acceptors (Lipinski definition) is 2. The Bertz CT molecular complexity index is 351. The van der Waals surface area contributed by atoms with E-state index < -0.39 is 0 Å². The van der Waals surface area contributed by atoms with Crippen molar-refractivity contribution in [1.82, 2.24) is 4.98 Å². The van der Waals surface area contributed by atoms with E-state index in [0.29, 0.717) is 5.15 Å². The summed E-state index contributed by atoms with van der Waals surface area (Å²) in [5, 5.41) is 0.600. The van der Waals surface area contributed by atoms with Gasteiger partial charge >= 0.3 is 0 Å². The van der Waals surface area contributed by atoms with Crippen LogP contribution in [0.5, 0.6) is 0 Å². The van der Waals surface area contributed by atoms with Crippen molar-refractivity contribution in [3.8, 4) is 0 Å². The van der Waals surface area contributed by atoms with E-state index in [1.165, 1.54) is 0 Å².